The normalized spacial score (nSPS) is 30.1. The van der Waals surface area contributed by atoms with Crippen LogP contribution < -0.4 is 11.1 Å². The lowest BCUT2D eigenvalue weighted by molar-refractivity contribution is -0.121. The molecular formula is C13H24N2O. The molecule has 16 heavy (non-hydrogen) atoms. The molecule has 3 nitrogen and oxygen atoms in total. The van der Waals surface area contributed by atoms with E-state index in [2.05, 4.69) is 5.32 Å². The Morgan fingerprint density at radius 3 is 2.44 bits per heavy atom. The Kier molecular flexibility index (Phi) is 4.22. The fraction of sp³-hybridized carbons (Fsp3) is 0.923. The van der Waals surface area contributed by atoms with Crippen LogP contribution in [0.4, 0.5) is 0 Å². The van der Waals surface area contributed by atoms with E-state index in [4.69, 9.17) is 5.73 Å². The molecule has 2 rings (SSSR count). The summed E-state index contributed by atoms with van der Waals surface area (Å²) in [5.41, 5.74) is 5.78. The Hall–Kier alpha value is -0.570. The van der Waals surface area contributed by atoms with Crippen molar-refractivity contribution in [2.24, 2.45) is 23.5 Å². The maximum atomic E-state index is 11.6. The molecule has 0 saturated heterocycles. The van der Waals surface area contributed by atoms with Gasteiger partial charge in [0, 0.05) is 13.0 Å². The fourth-order valence-corrected chi connectivity index (χ4v) is 2.76. The molecule has 2 aliphatic carbocycles. The zero-order chi connectivity index (χ0) is 11.4. The van der Waals surface area contributed by atoms with Crippen molar-refractivity contribution in [2.45, 2.75) is 44.9 Å². The minimum atomic E-state index is 0.254. The standard InChI is InChI=1S/C13H24N2O/c14-8-11-3-1-2-4-12(11)9-15-13(16)7-10-5-6-10/h10-12H,1-9,14H2,(H,15,16). The van der Waals surface area contributed by atoms with E-state index in [1.165, 1.54) is 38.5 Å². The Labute approximate surface area is 98.2 Å². The van der Waals surface area contributed by atoms with Gasteiger partial charge in [0.15, 0.2) is 0 Å². The Morgan fingerprint density at radius 1 is 1.12 bits per heavy atom. The van der Waals surface area contributed by atoms with Gasteiger partial charge in [0.2, 0.25) is 5.91 Å². The molecule has 0 spiro atoms. The first-order valence-electron chi connectivity index (χ1n) is 6.76. The third-order valence-corrected chi connectivity index (χ3v) is 4.10. The van der Waals surface area contributed by atoms with Gasteiger partial charge in [0.05, 0.1) is 0 Å². The van der Waals surface area contributed by atoms with Crippen LogP contribution in [0.25, 0.3) is 0 Å². The van der Waals surface area contributed by atoms with Crippen LogP contribution in [0.1, 0.15) is 44.9 Å². The first-order valence-corrected chi connectivity index (χ1v) is 6.76. The van der Waals surface area contributed by atoms with Crippen LogP contribution in [0, 0.1) is 17.8 Å². The van der Waals surface area contributed by atoms with Crippen LogP contribution in [-0.4, -0.2) is 19.0 Å². The minimum absolute atomic E-state index is 0.254. The van der Waals surface area contributed by atoms with Gasteiger partial charge >= 0.3 is 0 Å². The molecule has 3 heteroatoms. The maximum absolute atomic E-state index is 11.6. The molecule has 2 saturated carbocycles. The molecule has 2 fully saturated rings. The van der Waals surface area contributed by atoms with E-state index < -0.39 is 0 Å². The quantitative estimate of drug-likeness (QED) is 0.746. The second kappa shape index (κ2) is 5.67. The summed E-state index contributed by atoms with van der Waals surface area (Å²) in [6.07, 6.45) is 8.36. The second-order valence-corrected chi connectivity index (χ2v) is 5.49. The average Bonchev–Trinajstić information content (AvgIpc) is 3.10. The van der Waals surface area contributed by atoms with Crippen molar-refractivity contribution in [2.75, 3.05) is 13.1 Å². The Bertz CT molecular complexity index is 238. The van der Waals surface area contributed by atoms with Crippen molar-refractivity contribution < 1.29 is 4.79 Å². The summed E-state index contributed by atoms with van der Waals surface area (Å²) in [6, 6.07) is 0. The molecule has 0 aliphatic heterocycles. The van der Waals surface area contributed by atoms with Crippen LogP contribution in [0.5, 0.6) is 0 Å². The van der Waals surface area contributed by atoms with E-state index in [9.17, 15) is 4.79 Å². The summed E-state index contributed by atoms with van der Waals surface area (Å²) < 4.78 is 0. The molecule has 3 N–H and O–H groups in total. The van der Waals surface area contributed by atoms with Crippen molar-refractivity contribution in [3.8, 4) is 0 Å². The number of carbonyl (C=O) groups is 1. The number of nitrogens with two attached hydrogens (primary N) is 1. The number of rotatable bonds is 5. The zero-order valence-corrected chi connectivity index (χ0v) is 10.1. The third-order valence-electron chi connectivity index (χ3n) is 4.10. The Balaban J connectivity index is 1.68. The van der Waals surface area contributed by atoms with Crippen LogP contribution in [-0.2, 0) is 4.79 Å². The molecule has 2 atom stereocenters. The molecule has 1 amide bonds. The molecule has 0 aromatic heterocycles. The molecule has 0 aromatic rings. The van der Waals surface area contributed by atoms with Crippen molar-refractivity contribution in [3.63, 3.8) is 0 Å². The number of carbonyl (C=O) groups excluding carboxylic acids is 1. The molecule has 0 heterocycles. The van der Waals surface area contributed by atoms with Gasteiger partial charge in [-0.3, -0.25) is 4.79 Å². The van der Waals surface area contributed by atoms with Crippen molar-refractivity contribution in [1.82, 2.24) is 5.32 Å². The lowest BCUT2D eigenvalue weighted by Gasteiger charge is -2.30. The second-order valence-electron chi connectivity index (χ2n) is 5.49. The lowest BCUT2D eigenvalue weighted by Crippen LogP contribution is -2.37. The van der Waals surface area contributed by atoms with Gasteiger partial charge in [-0.1, -0.05) is 12.8 Å². The van der Waals surface area contributed by atoms with Crippen LogP contribution in [0.15, 0.2) is 0 Å². The van der Waals surface area contributed by atoms with E-state index in [1.54, 1.807) is 0 Å². The van der Waals surface area contributed by atoms with E-state index in [0.29, 0.717) is 17.8 Å². The smallest absolute Gasteiger partial charge is 0.220 e. The highest BCUT2D eigenvalue weighted by molar-refractivity contribution is 5.76. The summed E-state index contributed by atoms with van der Waals surface area (Å²) >= 11 is 0. The monoisotopic (exact) mass is 224 g/mol. The van der Waals surface area contributed by atoms with Crippen LogP contribution >= 0.6 is 0 Å². The van der Waals surface area contributed by atoms with Gasteiger partial charge in [-0.15, -0.1) is 0 Å². The van der Waals surface area contributed by atoms with Crippen molar-refractivity contribution in [1.29, 1.82) is 0 Å². The molecule has 0 radical (unpaired) electrons. The molecule has 2 aliphatic rings. The molecule has 92 valence electrons. The van der Waals surface area contributed by atoms with E-state index in [0.717, 1.165) is 19.5 Å². The van der Waals surface area contributed by atoms with Gasteiger partial charge in [-0.25, -0.2) is 0 Å². The minimum Gasteiger partial charge on any atom is -0.356 e. The summed E-state index contributed by atoms with van der Waals surface area (Å²) in [7, 11) is 0. The number of hydrogen-bond acceptors (Lipinski definition) is 2. The first kappa shape index (κ1) is 11.9. The summed E-state index contributed by atoms with van der Waals surface area (Å²) in [4.78, 5) is 11.6. The highest BCUT2D eigenvalue weighted by Gasteiger charge is 2.26. The average molecular weight is 224 g/mol. The maximum Gasteiger partial charge on any atom is 0.220 e. The van der Waals surface area contributed by atoms with Gasteiger partial charge in [-0.05, 0) is 50.0 Å². The van der Waals surface area contributed by atoms with Gasteiger partial charge in [0.25, 0.3) is 0 Å². The van der Waals surface area contributed by atoms with Gasteiger partial charge < -0.3 is 11.1 Å². The molecule has 0 aromatic carbocycles. The van der Waals surface area contributed by atoms with Crippen LogP contribution in [0.2, 0.25) is 0 Å². The number of amides is 1. The molecule has 0 bridgehead atoms. The Morgan fingerprint density at radius 2 is 1.81 bits per heavy atom. The number of nitrogens with one attached hydrogen (secondary N) is 1. The largest absolute Gasteiger partial charge is 0.356 e. The molecular weight excluding hydrogens is 200 g/mol. The molecule has 2 unspecified atom stereocenters. The predicted molar refractivity (Wildman–Crippen MR) is 64.9 cm³/mol. The summed E-state index contributed by atoms with van der Waals surface area (Å²) in [5.74, 6) is 2.21. The van der Waals surface area contributed by atoms with Gasteiger partial charge in [-0.2, -0.15) is 0 Å². The van der Waals surface area contributed by atoms with Crippen molar-refractivity contribution in [3.05, 3.63) is 0 Å². The van der Waals surface area contributed by atoms with Gasteiger partial charge in [0.1, 0.15) is 0 Å². The summed E-state index contributed by atoms with van der Waals surface area (Å²) in [6.45, 7) is 1.64. The highest BCUT2D eigenvalue weighted by atomic mass is 16.1. The van der Waals surface area contributed by atoms with E-state index in [-0.39, 0.29) is 5.91 Å². The zero-order valence-electron chi connectivity index (χ0n) is 10.1. The topological polar surface area (TPSA) is 55.1 Å². The summed E-state index contributed by atoms with van der Waals surface area (Å²) in [5, 5.41) is 3.09. The highest BCUT2D eigenvalue weighted by Crippen LogP contribution is 2.32. The van der Waals surface area contributed by atoms with Crippen LogP contribution in [0.3, 0.4) is 0 Å². The van der Waals surface area contributed by atoms with E-state index in [1.807, 2.05) is 0 Å². The van der Waals surface area contributed by atoms with E-state index >= 15 is 0 Å². The SMILES string of the molecule is NCC1CCCCC1CNC(=O)CC1CC1. The lowest BCUT2D eigenvalue weighted by atomic mass is 9.79. The first-order chi connectivity index (χ1) is 7.79. The fourth-order valence-electron chi connectivity index (χ4n) is 2.76. The number of hydrogen-bond donors (Lipinski definition) is 2. The predicted octanol–water partition coefficient (Wildman–Crippen LogP) is 1.67. The third kappa shape index (κ3) is 3.48. The van der Waals surface area contributed by atoms with Crippen molar-refractivity contribution >= 4 is 5.91 Å².